The molecule has 4 nitrogen and oxygen atoms in total. The van der Waals surface area contributed by atoms with E-state index in [1.54, 1.807) is 20.8 Å². The third kappa shape index (κ3) is 2.71. The zero-order valence-corrected chi connectivity index (χ0v) is 10.8. The molecular weight excluding hydrogens is 251 g/mol. The molecule has 0 bridgehead atoms. The molecule has 106 valence electrons. The third-order valence-corrected chi connectivity index (χ3v) is 3.01. The second kappa shape index (κ2) is 4.29. The van der Waals surface area contributed by atoms with Crippen LogP contribution in [0.25, 0.3) is 0 Å². The Morgan fingerprint density at radius 2 is 1.89 bits per heavy atom. The minimum atomic E-state index is -4.76. The van der Waals surface area contributed by atoms with Gasteiger partial charge >= 0.3 is 12.3 Å². The van der Waals surface area contributed by atoms with Gasteiger partial charge < -0.3 is 14.7 Å². The lowest BCUT2D eigenvalue weighted by atomic mass is 9.95. The molecule has 1 amide bonds. The molecule has 0 radical (unpaired) electrons. The Labute approximate surface area is 104 Å². The Kier molecular flexibility index (Phi) is 3.60. The van der Waals surface area contributed by atoms with Crippen LogP contribution in [0.2, 0.25) is 0 Å². The fraction of sp³-hybridized carbons (Fsp3) is 0.909. The highest BCUT2D eigenvalue weighted by Crippen LogP contribution is 2.42. The largest absolute Gasteiger partial charge is 0.444 e. The van der Waals surface area contributed by atoms with E-state index in [-0.39, 0.29) is 6.54 Å². The van der Waals surface area contributed by atoms with Crippen molar-refractivity contribution in [2.75, 3.05) is 6.54 Å². The van der Waals surface area contributed by atoms with E-state index in [4.69, 9.17) is 4.74 Å². The van der Waals surface area contributed by atoms with Gasteiger partial charge in [0.25, 0.3) is 0 Å². The van der Waals surface area contributed by atoms with E-state index in [2.05, 4.69) is 0 Å². The average Bonchev–Trinajstić information content (AvgIpc) is 2.41. The first kappa shape index (κ1) is 15.1. The van der Waals surface area contributed by atoms with Gasteiger partial charge in [0.05, 0.1) is 6.04 Å². The summed E-state index contributed by atoms with van der Waals surface area (Å²) in [6.07, 6.45) is -6.13. The molecule has 1 unspecified atom stereocenters. The van der Waals surface area contributed by atoms with Gasteiger partial charge in [0.2, 0.25) is 0 Å². The molecule has 18 heavy (non-hydrogen) atoms. The molecule has 1 heterocycles. The summed E-state index contributed by atoms with van der Waals surface area (Å²) in [4.78, 5) is 12.6. The summed E-state index contributed by atoms with van der Waals surface area (Å²) in [5.74, 6) is 0. The van der Waals surface area contributed by atoms with Crippen LogP contribution in [-0.2, 0) is 4.74 Å². The number of carbonyl (C=O) groups is 1. The number of nitrogens with zero attached hydrogens (tertiary/aromatic N) is 1. The lowest BCUT2D eigenvalue weighted by Gasteiger charge is -2.33. The minimum absolute atomic E-state index is 0.175. The van der Waals surface area contributed by atoms with Crippen LogP contribution >= 0.6 is 0 Å². The first-order valence-electron chi connectivity index (χ1n) is 5.67. The average molecular weight is 269 g/mol. The molecule has 0 aromatic carbocycles. The lowest BCUT2D eigenvalue weighted by molar-refractivity contribution is -0.264. The van der Waals surface area contributed by atoms with E-state index in [1.807, 2.05) is 0 Å². The van der Waals surface area contributed by atoms with Crippen LogP contribution in [0, 0.1) is 0 Å². The van der Waals surface area contributed by atoms with Gasteiger partial charge in [-0.25, -0.2) is 4.79 Å². The number of aliphatic hydroxyl groups is 1. The first-order valence-corrected chi connectivity index (χ1v) is 5.67. The van der Waals surface area contributed by atoms with Crippen LogP contribution in [0.3, 0.4) is 0 Å². The van der Waals surface area contributed by atoms with Crippen molar-refractivity contribution in [2.24, 2.45) is 0 Å². The fourth-order valence-electron chi connectivity index (χ4n) is 1.90. The Bertz CT molecular complexity index is 337. The molecule has 1 aliphatic heterocycles. The van der Waals surface area contributed by atoms with E-state index in [0.717, 1.165) is 4.90 Å². The molecule has 1 N–H and O–H groups in total. The van der Waals surface area contributed by atoms with Crippen molar-refractivity contribution in [2.45, 2.75) is 57.5 Å². The fourth-order valence-corrected chi connectivity index (χ4v) is 1.90. The van der Waals surface area contributed by atoms with Gasteiger partial charge in [0.1, 0.15) is 5.60 Å². The van der Waals surface area contributed by atoms with Gasteiger partial charge in [0.15, 0.2) is 5.60 Å². The van der Waals surface area contributed by atoms with Crippen molar-refractivity contribution in [3.05, 3.63) is 0 Å². The second-order valence-electron chi connectivity index (χ2n) is 5.52. The smallest absolute Gasteiger partial charge is 0.419 e. The molecule has 7 heteroatoms. The number of amides is 1. The summed E-state index contributed by atoms with van der Waals surface area (Å²) in [5.41, 5.74) is -3.64. The maximum atomic E-state index is 12.7. The minimum Gasteiger partial charge on any atom is -0.444 e. The molecule has 1 aliphatic rings. The SMILES string of the molecule is C[C@H]1N(C(=O)OC(C)(C)C)CCC1(O)C(F)(F)F. The normalized spacial score (nSPS) is 29.6. The number of ether oxygens (including phenoxy) is 1. The predicted molar refractivity (Wildman–Crippen MR) is 58.0 cm³/mol. The van der Waals surface area contributed by atoms with E-state index >= 15 is 0 Å². The zero-order valence-electron chi connectivity index (χ0n) is 10.8. The number of hydrogen-bond acceptors (Lipinski definition) is 3. The highest BCUT2D eigenvalue weighted by atomic mass is 19.4. The maximum Gasteiger partial charge on any atom is 0.419 e. The van der Waals surface area contributed by atoms with E-state index in [0.29, 0.717) is 0 Å². The third-order valence-electron chi connectivity index (χ3n) is 3.01. The molecule has 0 aromatic heterocycles. The maximum absolute atomic E-state index is 12.7. The van der Waals surface area contributed by atoms with Gasteiger partial charge in [-0.3, -0.25) is 0 Å². The molecule has 0 aliphatic carbocycles. The zero-order chi connectivity index (χ0) is 14.4. The predicted octanol–water partition coefficient (Wildman–Crippen LogP) is 2.31. The van der Waals surface area contributed by atoms with Crippen LogP contribution in [0.1, 0.15) is 34.1 Å². The molecule has 2 atom stereocenters. The van der Waals surface area contributed by atoms with Crippen LogP contribution in [0.4, 0.5) is 18.0 Å². The van der Waals surface area contributed by atoms with Crippen LogP contribution in [0.15, 0.2) is 0 Å². The van der Waals surface area contributed by atoms with Crippen molar-refractivity contribution < 1.29 is 27.8 Å². The van der Waals surface area contributed by atoms with Gasteiger partial charge in [0, 0.05) is 13.0 Å². The van der Waals surface area contributed by atoms with Gasteiger partial charge in [-0.2, -0.15) is 13.2 Å². The molecule has 1 saturated heterocycles. The second-order valence-corrected chi connectivity index (χ2v) is 5.52. The molecule has 0 aromatic rings. The Hall–Kier alpha value is -0.980. The Morgan fingerprint density at radius 1 is 1.39 bits per heavy atom. The number of likely N-dealkylation sites (tertiary alicyclic amines) is 1. The topological polar surface area (TPSA) is 49.8 Å². The van der Waals surface area contributed by atoms with Gasteiger partial charge in [-0.15, -0.1) is 0 Å². The molecule has 0 saturated carbocycles. The van der Waals surface area contributed by atoms with E-state index in [1.165, 1.54) is 6.92 Å². The summed E-state index contributed by atoms with van der Waals surface area (Å²) in [6.45, 7) is 5.88. The summed E-state index contributed by atoms with van der Waals surface area (Å²) in [7, 11) is 0. The number of carbonyl (C=O) groups excluding carboxylic acids is 1. The monoisotopic (exact) mass is 269 g/mol. The van der Waals surface area contributed by atoms with Crippen molar-refractivity contribution >= 4 is 6.09 Å². The van der Waals surface area contributed by atoms with Crippen molar-refractivity contribution in [3.8, 4) is 0 Å². The summed E-state index contributed by atoms with van der Waals surface area (Å²) >= 11 is 0. The number of halogens is 3. The summed E-state index contributed by atoms with van der Waals surface area (Å²) in [6, 6.07) is -1.35. The summed E-state index contributed by atoms with van der Waals surface area (Å²) in [5, 5.41) is 9.64. The van der Waals surface area contributed by atoms with E-state index < -0.39 is 35.9 Å². The molecular formula is C11H18F3NO3. The van der Waals surface area contributed by atoms with Crippen LogP contribution in [0.5, 0.6) is 0 Å². The molecule has 0 spiro atoms. The number of alkyl halides is 3. The molecule has 1 fully saturated rings. The highest BCUT2D eigenvalue weighted by molar-refractivity contribution is 5.69. The quantitative estimate of drug-likeness (QED) is 0.734. The molecule has 1 rings (SSSR count). The van der Waals surface area contributed by atoms with Gasteiger partial charge in [-0.05, 0) is 27.7 Å². The Balaban J connectivity index is 2.83. The van der Waals surface area contributed by atoms with Crippen LogP contribution in [-0.4, -0.2) is 46.1 Å². The van der Waals surface area contributed by atoms with Crippen molar-refractivity contribution in [3.63, 3.8) is 0 Å². The lowest BCUT2D eigenvalue weighted by Crippen LogP contribution is -2.54. The standard InChI is InChI=1S/C11H18F3NO3/c1-7-10(17,11(12,13)14)5-6-15(7)8(16)18-9(2,3)4/h7,17H,5-6H2,1-4H3/t7-,10?/m1/s1. The van der Waals surface area contributed by atoms with Crippen molar-refractivity contribution in [1.29, 1.82) is 0 Å². The summed E-state index contributed by atoms with van der Waals surface area (Å²) < 4.78 is 43.2. The van der Waals surface area contributed by atoms with Gasteiger partial charge in [-0.1, -0.05) is 0 Å². The van der Waals surface area contributed by atoms with Crippen LogP contribution < -0.4 is 0 Å². The highest BCUT2D eigenvalue weighted by Gasteiger charge is 2.62. The van der Waals surface area contributed by atoms with Crippen molar-refractivity contribution in [1.82, 2.24) is 4.90 Å². The number of rotatable bonds is 0. The Morgan fingerprint density at radius 3 is 2.22 bits per heavy atom. The number of hydrogen-bond donors (Lipinski definition) is 1. The first-order chi connectivity index (χ1) is 7.88. The van der Waals surface area contributed by atoms with E-state index in [9.17, 15) is 23.1 Å².